The Hall–Kier alpha value is -1.62. The molecule has 0 aromatic heterocycles. The summed E-state index contributed by atoms with van der Waals surface area (Å²) in [6, 6.07) is -2.70. The number of hydrogen-bond donors (Lipinski definition) is 11. The zero-order valence-electron chi connectivity index (χ0n) is 21.7. The van der Waals surface area contributed by atoms with Crippen molar-refractivity contribution in [1.29, 1.82) is 0 Å². The van der Waals surface area contributed by atoms with Crippen LogP contribution >= 0.6 is 0 Å². The van der Waals surface area contributed by atoms with Crippen molar-refractivity contribution >= 4 is 11.8 Å². The topological polar surface area (TPSA) is 286 Å². The number of carbonyl (C=O) groups is 2. The fraction of sp³-hybridized carbons (Fsp3) is 0.909. The van der Waals surface area contributed by atoms with Crippen molar-refractivity contribution in [1.82, 2.24) is 10.6 Å². The van der Waals surface area contributed by atoms with Crippen LogP contribution in [-0.2, 0) is 33.3 Å². The molecule has 18 heteroatoms. The van der Waals surface area contributed by atoms with Crippen molar-refractivity contribution < 1.29 is 79.2 Å². The number of rotatable bonds is 9. The average Bonchev–Trinajstić information content (AvgIpc) is 2.90. The number of aliphatic hydroxyl groups is 9. The summed E-state index contributed by atoms with van der Waals surface area (Å²) in [4.78, 5) is 23.1. The summed E-state index contributed by atoms with van der Waals surface area (Å²) in [5.74, 6) is -1.23. The Morgan fingerprint density at radius 2 is 1.20 bits per heavy atom. The van der Waals surface area contributed by atoms with E-state index < -0.39 is 124 Å². The minimum Gasteiger partial charge on any atom is -0.394 e. The summed E-state index contributed by atoms with van der Waals surface area (Å²) in [5.41, 5.74) is 0. The van der Waals surface area contributed by atoms with Crippen LogP contribution < -0.4 is 10.6 Å². The Morgan fingerprint density at radius 3 is 1.77 bits per heavy atom. The van der Waals surface area contributed by atoms with Crippen molar-refractivity contribution in [3.63, 3.8) is 0 Å². The van der Waals surface area contributed by atoms with Gasteiger partial charge in [-0.2, -0.15) is 0 Å². The highest BCUT2D eigenvalue weighted by atomic mass is 16.7. The number of aliphatic hydroxyl groups excluding tert-OH is 9. The number of nitrogens with one attached hydrogen (secondary N) is 2. The Balaban J connectivity index is 1.74. The third-order valence-electron chi connectivity index (χ3n) is 6.88. The lowest BCUT2D eigenvalue weighted by atomic mass is 9.95. The highest BCUT2D eigenvalue weighted by Crippen LogP contribution is 2.30. The van der Waals surface area contributed by atoms with Gasteiger partial charge in [0, 0.05) is 13.8 Å². The summed E-state index contributed by atoms with van der Waals surface area (Å²) >= 11 is 0. The number of ether oxygens (including phenoxy) is 5. The van der Waals surface area contributed by atoms with E-state index in [2.05, 4.69) is 10.6 Å². The molecule has 0 aromatic rings. The lowest BCUT2D eigenvalue weighted by molar-refractivity contribution is -0.351. The van der Waals surface area contributed by atoms with Crippen molar-refractivity contribution in [2.45, 2.75) is 106 Å². The van der Waals surface area contributed by atoms with Gasteiger partial charge < -0.3 is 80.3 Å². The number of amides is 2. The van der Waals surface area contributed by atoms with Gasteiger partial charge in [-0.25, -0.2) is 0 Å². The van der Waals surface area contributed by atoms with Crippen LogP contribution in [0.5, 0.6) is 0 Å². The van der Waals surface area contributed by atoms with Gasteiger partial charge in [0.1, 0.15) is 73.1 Å². The van der Waals surface area contributed by atoms with E-state index >= 15 is 0 Å². The van der Waals surface area contributed by atoms with E-state index in [1.54, 1.807) is 0 Å². The van der Waals surface area contributed by atoms with Gasteiger partial charge in [0.2, 0.25) is 11.8 Å². The molecule has 18 nitrogen and oxygen atoms in total. The van der Waals surface area contributed by atoms with Gasteiger partial charge in [-0.3, -0.25) is 9.59 Å². The maximum Gasteiger partial charge on any atom is 0.217 e. The molecule has 0 bridgehead atoms. The molecule has 0 radical (unpaired) electrons. The molecule has 232 valence electrons. The minimum atomic E-state index is -1.89. The van der Waals surface area contributed by atoms with E-state index in [1.807, 2.05) is 0 Å². The molecule has 0 unspecified atom stereocenters. The highest BCUT2D eigenvalue weighted by Gasteiger charge is 2.51. The number of hydrogen-bond acceptors (Lipinski definition) is 16. The van der Waals surface area contributed by atoms with Crippen LogP contribution in [0.4, 0.5) is 0 Å². The molecule has 0 saturated carbocycles. The fourth-order valence-corrected chi connectivity index (χ4v) is 4.76. The summed E-state index contributed by atoms with van der Waals surface area (Å²) in [6.07, 6.45) is -21.0. The molecular formula is C22H38N2O16. The first-order valence-corrected chi connectivity index (χ1v) is 12.6. The molecule has 11 N–H and O–H groups in total. The Bertz CT molecular complexity index is 854. The smallest absolute Gasteiger partial charge is 0.217 e. The Morgan fingerprint density at radius 1 is 0.650 bits per heavy atom. The van der Waals surface area contributed by atoms with Gasteiger partial charge >= 0.3 is 0 Å². The van der Waals surface area contributed by atoms with Crippen LogP contribution in [0.15, 0.2) is 0 Å². The Kier molecular flexibility index (Phi) is 11.5. The molecule has 40 heavy (non-hydrogen) atoms. The maximum absolute atomic E-state index is 11.6. The molecule has 3 rings (SSSR count). The van der Waals surface area contributed by atoms with Crippen molar-refractivity contribution in [3.05, 3.63) is 0 Å². The highest BCUT2D eigenvalue weighted by molar-refractivity contribution is 5.73. The first-order valence-electron chi connectivity index (χ1n) is 12.6. The van der Waals surface area contributed by atoms with Crippen LogP contribution in [0, 0.1) is 0 Å². The zero-order valence-corrected chi connectivity index (χ0v) is 21.7. The molecule has 3 fully saturated rings. The lowest BCUT2D eigenvalue weighted by Crippen LogP contribution is -2.67. The second-order valence-electron chi connectivity index (χ2n) is 9.85. The summed E-state index contributed by atoms with van der Waals surface area (Å²) in [5, 5.41) is 96.6. The second kappa shape index (κ2) is 14.0. The third-order valence-corrected chi connectivity index (χ3v) is 6.88. The van der Waals surface area contributed by atoms with E-state index in [4.69, 9.17) is 23.7 Å². The minimum absolute atomic E-state index is 0.604. The molecule has 3 aliphatic heterocycles. The van der Waals surface area contributed by atoms with Crippen LogP contribution in [0.2, 0.25) is 0 Å². The van der Waals surface area contributed by atoms with Gasteiger partial charge in [-0.15, -0.1) is 0 Å². The van der Waals surface area contributed by atoms with Crippen LogP contribution in [0.25, 0.3) is 0 Å². The zero-order chi connectivity index (χ0) is 29.9. The molecule has 3 aliphatic rings. The molecular weight excluding hydrogens is 548 g/mol. The van der Waals surface area contributed by atoms with E-state index in [0.717, 1.165) is 13.8 Å². The third kappa shape index (κ3) is 7.23. The molecule has 0 spiro atoms. The summed E-state index contributed by atoms with van der Waals surface area (Å²) in [7, 11) is 0. The SMILES string of the molecule is CC(=O)N[C@@H]1[C@@H](O)[C@H](O[C@@H]2O[C@H](CO[C@H]3O[C@H](CO)[C@@H](O)[C@H](O)[C@H]3NC(C)=O)[C@H](O)[C@H](O)[C@H]2O)[C@@H](CO)O[C@H]1O. The quantitative estimate of drug-likeness (QED) is 0.120. The standard InChI is InChI=1S/C22H38N2O16/c1-6(27)23-11-16(32)19(9(4-26)37-20(11)35)40-22-18(34)17(33)14(30)10(39-22)5-36-21-12(24-7(2)28)15(31)13(29)8(3-25)38-21/h8-22,25-26,29-35H,3-5H2,1-2H3,(H,23,27)(H,24,28)/t8-,9-,10-,11-,12-,13-,14+,15-,16-,17+,18-,19-,20-,21+,22+/m1/s1. The van der Waals surface area contributed by atoms with E-state index in [9.17, 15) is 55.5 Å². The van der Waals surface area contributed by atoms with Gasteiger partial charge in [0.05, 0.1) is 19.8 Å². The predicted octanol–water partition coefficient (Wildman–Crippen LogP) is -7.29. The van der Waals surface area contributed by atoms with Gasteiger partial charge in [-0.05, 0) is 0 Å². The fourth-order valence-electron chi connectivity index (χ4n) is 4.76. The second-order valence-corrected chi connectivity index (χ2v) is 9.85. The molecule has 3 heterocycles. The lowest BCUT2D eigenvalue weighted by Gasteiger charge is -2.47. The van der Waals surface area contributed by atoms with Crippen LogP contribution in [0.3, 0.4) is 0 Å². The summed E-state index contributed by atoms with van der Waals surface area (Å²) < 4.78 is 27.4. The molecule has 0 aliphatic carbocycles. The normalized spacial score (nSPS) is 46.0. The van der Waals surface area contributed by atoms with Crippen molar-refractivity contribution in [3.8, 4) is 0 Å². The van der Waals surface area contributed by atoms with Crippen LogP contribution in [0.1, 0.15) is 13.8 Å². The van der Waals surface area contributed by atoms with Gasteiger partial charge in [0.15, 0.2) is 18.9 Å². The van der Waals surface area contributed by atoms with E-state index in [-0.39, 0.29) is 0 Å². The maximum atomic E-state index is 11.6. The molecule has 2 amide bonds. The monoisotopic (exact) mass is 586 g/mol. The molecule has 3 saturated heterocycles. The van der Waals surface area contributed by atoms with Crippen molar-refractivity contribution in [2.75, 3.05) is 19.8 Å². The first kappa shape index (κ1) is 32.9. The first-order chi connectivity index (χ1) is 18.8. The summed E-state index contributed by atoms with van der Waals surface area (Å²) in [6.45, 7) is 0.183. The number of carbonyl (C=O) groups excluding carboxylic acids is 2. The Labute approximate surface area is 228 Å². The largest absolute Gasteiger partial charge is 0.394 e. The molecule has 0 aromatic carbocycles. The van der Waals surface area contributed by atoms with Gasteiger partial charge in [0.25, 0.3) is 0 Å². The average molecular weight is 587 g/mol. The van der Waals surface area contributed by atoms with Crippen molar-refractivity contribution in [2.24, 2.45) is 0 Å². The predicted molar refractivity (Wildman–Crippen MR) is 124 cm³/mol. The molecule has 15 atom stereocenters. The van der Waals surface area contributed by atoms with E-state index in [1.165, 1.54) is 0 Å². The van der Waals surface area contributed by atoms with E-state index in [0.29, 0.717) is 0 Å². The van der Waals surface area contributed by atoms with Crippen LogP contribution in [-0.4, -0.2) is 170 Å². The van der Waals surface area contributed by atoms with Gasteiger partial charge in [-0.1, -0.05) is 0 Å².